The standard InChI is InChI=1S/C17H17N3O2/c1-12-2-4-14(5-3-12)20-11-8-15(17(20)22)16(21)19-13-6-9-18-10-7-13/h2-7,9-10,15H,8,11H2,1H3,(H,18,19,21). The minimum absolute atomic E-state index is 0.143. The molecule has 0 spiro atoms. The number of anilines is 2. The van der Waals surface area contributed by atoms with E-state index in [1.807, 2.05) is 31.2 Å². The molecule has 1 fully saturated rings. The summed E-state index contributed by atoms with van der Waals surface area (Å²) < 4.78 is 0. The zero-order chi connectivity index (χ0) is 15.5. The summed E-state index contributed by atoms with van der Waals surface area (Å²) in [6.45, 7) is 2.57. The van der Waals surface area contributed by atoms with Crippen LogP contribution in [-0.4, -0.2) is 23.3 Å². The van der Waals surface area contributed by atoms with E-state index in [-0.39, 0.29) is 11.8 Å². The largest absolute Gasteiger partial charge is 0.325 e. The molecule has 5 heteroatoms. The zero-order valence-corrected chi connectivity index (χ0v) is 12.3. The Labute approximate surface area is 129 Å². The highest BCUT2D eigenvalue weighted by Crippen LogP contribution is 2.26. The van der Waals surface area contributed by atoms with Gasteiger partial charge in [0.1, 0.15) is 5.92 Å². The number of carbonyl (C=O) groups excluding carboxylic acids is 2. The van der Waals surface area contributed by atoms with Gasteiger partial charge in [-0.3, -0.25) is 14.6 Å². The Morgan fingerprint density at radius 1 is 1.18 bits per heavy atom. The van der Waals surface area contributed by atoms with Gasteiger partial charge in [-0.05, 0) is 37.6 Å². The van der Waals surface area contributed by atoms with Gasteiger partial charge in [-0.25, -0.2) is 0 Å². The summed E-state index contributed by atoms with van der Waals surface area (Å²) in [7, 11) is 0. The van der Waals surface area contributed by atoms with Gasteiger partial charge in [-0.2, -0.15) is 0 Å². The number of hydrogen-bond acceptors (Lipinski definition) is 3. The lowest BCUT2D eigenvalue weighted by molar-refractivity contribution is -0.129. The second kappa shape index (κ2) is 5.97. The minimum Gasteiger partial charge on any atom is -0.325 e. The Bertz CT molecular complexity index is 683. The molecule has 112 valence electrons. The highest BCUT2D eigenvalue weighted by atomic mass is 16.2. The minimum atomic E-state index is -0.630. The van der Waals surface area contributed by atoms with Crippen molar-refractivity contribution >= 4 is 23.2 Å². The topological polar surface area (TPSA) is 62.3 Å². The molecule has 0 radical (unpaired) electrons. The van der Waals surface area contributed by atoms with Crippen LogP contribution in [-0.2, 0) is 9.59 Å². The Kier molecular flexibility index (Phi) is 3.87. The first-order valence-electron chi connectivity index (χ1n) is 7.24. The third kappa shape index (κ3) is 2.83. The Hall–Kier alpha value is -2.69. The lowest BCUT2D eigenvalue weighted by Gasteiger charge is -2.17. The second-order valence-electron chi connectivity index (χ2n) is 5.39. The fraction of sp³-hybridized carbons (Fsp3) is 0.235. The molecule has 1 saturated heterocycles. The number of amides is 2. The second-order valence-corrected chi connectivity index (χ2v) is 5.39. The fourth-order valence-electron chi connectivity index (χ4n) is 2.57. The molecule has 1 unspecified atom stereocenters. The average Bonchev–Trinajstić information content (AvgIpc) is 2.91. The van der Waals surface area contributed by atoms with E-state index in [0.29, 0.717) is 18.7 Å². The number of pyridine rings is 1. The van der Waals surface area contributed by atoms with Crippen molar-refractivity contribution in [2.75, 3.05) is 16.8 Å². The van der Waals surface area contributed by atoms with E-state index in [2.05, 4.69) is 10.3 Å². The van der Waals surface area contributed by atoms with Crippen molar-refractivity contribution in [2.45, 2.75) is 13.3 Å². The molecule has 1 atom stereocenters. The van der Waals surface area contributed by atoms with Crippen LogP contribution in [0.15, 0.2) is 48.8 Å². The molecule has 1 aromatic carbocycles. The summed E-state index contributed by atoms with van der Waals surface area (Å²) in [4.78, 5) is 30.3. The molecular weight excluding hydrogens is 278 g/mol. The highest BCUT2D eigenvalue weighted by Gasteiger charge is 2.37. The maximum atomic E-state index is 12.5. The summed E-state index contributed by atoms with van der Waals surface area (Å²) >= 11 is 0. The number of aryl methyl sites for hydroxylation is 1. The van der Waals surface area contributed by atoms with Gasteiger partial charge in [0.15, 0.2) is 0 Å². The predicted molar refractivity (Wildman–Crippen MR) is 84.5 cm³/mol. The molecule has 3 rings (SSSR count). The molecule has 1 aliphatic heterocycles. The first-order chi connectivity index (χ1) is 10.6. The maximum Gasteiger partial charge on any atom is 0.239 e. The molecule has 22 heavy (non-hydrogen) atoms. The quantitative estimate of drug-likeness (QED) is 0.884. The SMILES string of the molecule is Cc1ccc(N2CCC(C(=O)Nc3ccncc3)C2=O)cc1. The van der Waals surface area contributed by atoms with Gasteiger partial charge >= 0.3 is 0 Å². The average molecular weight is 295 g/mol. The van der Waals surface area contributed by atoms with E-state index in [1.54, 1.807) is 29.4 Å². The molecule has 5 nitrogen and oxygen atoms in total. The molecule has 1 N–H and O–H groups in total. The molecule has 0 aliphatic carbocycles. The van der Waals surface area contributed by atoms with Crippen LogP contribution in [0.2, 0.25) is 0 Å². The van der Waals surface area contributed by atoms with Gasteiger partial charge in [0.2, 0.25) is 11.8 Å². The van der Waals surface area contributed by atoms with Crippen molar-refractivity contribution in [3.8, 4) is 0 Å². The van der Waals surface area contributed by atoms with Crippen LogP contribution in [0.1, 0.15) is 12.0 Å². The maximum absolute atomic E-state index is 12.5. The van der Waals surface area contributed by atoms with Gasteiger partial charge in [-0.15, -0.1) is 0 Å². The number of nitrogens with zero attached hydrogens (tertiary/aromatic N) is 2. The van der Waals surface area contributed by atoms with Crippen LogP contribution in [0.3, 0.4) is 0 Å². The van der Waals surface area contributed by atoms with Crippen LogP contribution in [0, 0.1) is 12.8 Å². The Balaban J connectivity index is 1.70. The van der Waals surface area contributed by atoms with Gasteiger partial charge < -0.3 is 10.2 Å². The van der Waals surface area contributed by atoms with E-state index in [0.717, 1.165) is 11.3 Å². The van der Waals surface area contributed by atoms with Gasteiger partial charge in [0, 0.05) is 30.3 Å². The smallest absolute Gasteiger partial charge is 0.239 e. The van der Waals surface area contributed by atoms with Crippen LogP contribution >= 0.6 is 0 Å². The molecule has 1 aliphatic rings. The number of aromatic nitrogens is 1. The van der Waals surface area contributed by atoms with E-state index in [1.165, 1.54) is 0 Å². The van der Waals surface area contributed by atoms with Crippen molar-refractivity contribution in [3.05, 3.63) is 54.4 Å². The van der Waals surface area contributed by atoms with Crippen molar-refractivity contribution in [1.29, 1.82) is 0 Å². The molecule has 2 amide bonds. The third-order valence-corrected chi connectivity index (χ3v) is 3.82. The van der Waals surface area contributed by atoms with E-state index in [9.17, 15) is 9.59 Å². The van der Waals surface area contributed by atoms with Crippen LogP contribution in [0.5, 0.6) is 0 Å². The molecule has 0 bridgehead atoms. The molecule has 0 saturated carbocycles. The highest BCUT2D eigenvalue weighted by molar-refractivity contribution is 6.13. The van der Waals surface area contributed by atoms with Crippen molar-refractivity contribution in [2.24, 2.45) is 5.92 Å². The zero-order valence-electron chi connectivity index (χ0n) is 12.3. The molecule has 2 aromatic rings. The number of rotatable bonds is 3. The van der Waals surface area contributed by atoms with Crippen molar-refractivity contribution in [3.63, 3.8) is 0 Å². The monoisotopic (exact) mass is 295 g/mol. The Morgan fingerprint density at radius 3 is 2.55 bits per heavy atom. The van der Waals surface area contributed by atoms with Gasteiger partial charge in [0.25, 0.3) is 0 Å². The number of hydrogen-bond donors (Lipinski definition) is 1. The van der Waals surface area contributed by atoms with Crippen LogP contribution in [0.4, 0.5) is 11.4 Å². The number of nitrogens with one attached hydrogen (secondary N) is 1. The summed E-state index contributed by atoms with van der Waals surface area (Å²) in [5.41, 5.74) is 2.64. The number of benzene rings is 1. The lowest BCUT2D eigenvalue weighted by Crippen LogP contribution is -2.33. The van der Waals surface area contributed by atoms with E-state index >= 15 is 0 Å². The predicted octanol–water partition coefficient (Wildman–Crippen LogP) is 2.38. The third-order valence-electron chi connectivity index (χ3n) is 3.82. The van der Waals surface area contributed by atoms with E-state index < -0.39 is 5.92 Å². The first kappa shape index (κ1) is 14.3. The number of carbonyl (C=O) groups is 2. The fourth-order valence-corrected chi connectivity index (χ4v) is 2.57. The van der Waals surface area contributed by atoms with Gasteiger partial charge in [-0.1, -0.05) is 17.7 Å². The lowest BCUT2D eigenvalue weighted by atomic mass is 10.1. The molecule has 2 heterocycles. The summed E-state index contributed by atoms with van der Waals surface area (Å²) in [6, 6.07) is 11.2. The van der Waals surface area contributed by atoms with E-state index in [4.69, 9.17) is 0 Å². The normalized spacial score (nSPS) is 17.6. The molecular formula is C17H17N3O2. The van der Waals surface area contributed by atoms with Crippen LogP contribution < -0.4 is 10.2 Å². The Morgan fingerprint density at radius 2 is 1.86 bits per heavy atom. The summed E-state index contributed by atoms with van der Waals surface area (Å²) in [6.07, 6.45) is 3.74. The summed E-state index contributed by atoms with van der Waals surface area (Å²) in [5.74, 6) is -1.03. The molecule has 1 aromatic heterocycles. The summed E-state index contributed by atoms with van der Waals surface area (Å²) in [5, 5.41) is 2.77. The van der Waals surface area contributed by atoms with Crippen molar-refractivity contribution in [1.82, 2.24) is 4.98 Å². The first-order valence-corrected chi connectivity index (χ1v) is 7.24. The van der Waals surface area contributed by atoms with Crippen LogP contribution in [0.25, 0.3) is 0 Å². The van der Waals surface area contributed by atoms with Gasteiger partial charge in [0.05, 0.1) is 0 Å². The van der Waals surface area contributed by atoms with Crippen molar-refractivity contribution < 1.29 is 9.59 Å².